The van der Waals surface area contributed by atoms with Gasteiger partial charge in [-0.15, -0.1) is 0 Å². The minimum atomic E-state index is 0.342. The zero-order chi connectivity index (χ0) is 23.3. The molecule has 0 aliphatic carbocycles. The third-order valence-corrected chi connectivity index (χ3v) is 6.64. The van der Waals surface area contributed by atoms with Crippen LogP contribution in [0, 0.1) is 0 Å². The van der Waals surface area contributed by atoms with Gasteiger partial charge in [-0.2, -0.15) is 0 Å². The molecule has 0 spiro atoms. The Morgan fingerprint density at radius 1 is 1.12 bits per heavy atom. The van der Waals surface area contributed by atoms with E-state index in [0.717, 1.165) is 78.6 Å². The van der Waals surface area contributed by atoms with E-state index in [0.29, 0.717) is 11.7 Å². The smallest absolute Gasteiger partial charge is 0.159 e. The maximum absolute atomic E-state index is 10.2. The molecular formula is C28H30N4O2. The molecule has 174 valence electrons. The van der Waals surface area contributed by atoms with E-state index < -0.39 is 0 Å². The Labute approximate surface area is 200 Å². The fourth-order valence-electron chi connectivity index (χ4n) is 4.73. The Morgan fingerprint density at radius 3 is 2.74 bits per heavy atom. The van der Waals surface area contributed by atoms with E-state index in [1.807, 2.05) is 48.8 Å². The highest BCUT2D eigenvalue weighted by Crippen LogP contribution is 2.36. The largest absolute Gasteiger partial charge is 0.508 e. The number of phenolic OH excluding ortho intramolecular Hbond substituents is 1. The first kappa shape index (κ1) is 22.2. The van der Waals surface area contributed by atoms with E-state index in [1.165, 1.54) is 0 Å². The van der Waals surface area contributed by atoms with E-state index in [-0.39, 0.29) is 0 Å². The van der Waals surface area contributed by atoms with Crippen molar-refractivity contribution in [2.75, 3.05) is 26.7 Å². The molecule has 2 aromatic carbocycles. The zero-order valence-electron chi connectivity index (χ0n) is 19.4. The molecule has 0 saturated carbocycles. The number of nitrogens with zero attached hydrogens (tertiary/aromatic N) is 3. The van der Waals surface area contributed by atoms with Gasteiger partial charge < -0.3 is 15.2 Å². The van der Waals surface area contributed by atoms with Crippen LogP contribution in [0.25, 0.3) is 16.7 Å². The predicted molar refractivity (Wildman–Crippen MR) is 134 cm³/mol. The van der Waals surface area contributed by atoms with Gasteiger partial charge in [-0.05, 0) is 62.0 Å². The minimum Gasteiger partial charge on any atom is -0.508 e. The summed E-state index contributed by atoms with van der Waals surface area (Å²) in [4.78, 5) is 12.3. The Bertz CT molecular complexity index is 1210. The van der Waals surface area contributed by atoms with Crippen molar-refractivity contribution in [3.63, 3.8) is 0 Å². The molecule has 0 bridgehead atoms. The van der Waals surface area contributed by atoms with E-state index in [2.05, 4.69) is 28.4 Å². The van der Waals surface area contributed by atoms with Crippen molar-refractivity contribution in [3.8, 4) is 22.6 Å². The van der Waals surface area contributed by atoms with Gasteiger partial charge in [0.05, 0.1) is 12.8 Å². The molecule has 0 atom stereocenters. The number of aromatic nitrogens is 2. The van der Waals surface area contributed by atoms with E-state index >= 15 is 0 Å². The fourth-order valence-corrected chi connectivity index (χ4v) is 4.73. The van der Waals surface area contributed by atoms with Gasteiger partial charge in [0.15, 0.2) is 5.82 Å². The molecule has 1 aromatic heterocycles. The van der Waals surface area contributed by atoms with Crippen molar-refractivity contribution < 1.29 is 9.84 Å². The van der Waals surface area contributed by atoms with Crippen LogP contribution in [0.5, 0.6) is 11.5 Å². The van der Waals surface area contributed by atoms with Crippen molar-refractivity contribution in [1.82, 2.24) is 20.2 Å². The Morgan fingerprint density at radius 2 is 1.97 bits per heavy atom. The maximum Gasteiger partial charge on any atom is 0.159 e. The summed E-state index contributed by atoms with van der Waals surface area (Å²) >= 11 is 0. The number of phenols is 1. The van der Waals surface area contributed by atoms with Crippen LogP contribution in [0.1, 0.15) is 35.8 Å². The molecule has 5 rings (SSSR count). The van der Waals surface area contributed by atoms with Crippen molar-refractivity contribution in [2.24, 2.45) is 0 Å². The average molecular weight is 455 g/mol. The van der Waals surface area contributed by atoms with Gasteiger partial charge >= 0.3 is 0 Å². The molecule has 2 aliphatic heterocycles. The second-order valence-electron chi connectivity index (χ2n) is 8.80. The number of hydrogen-bond acceptors (Lipinski definition) is 6. The minimum absolute atomic E-state index is 0.342. The van der Waals surface area contributed by atoms with Crippen molar-refractivity contribution >= 4 is 5.57 Å². The number of para-hydroxylation sites is 1. The van der Waals surface area contributed by atoms with Crippen LogP contribution in [0.3, 0.4) is 0 Å². The molecule has 6 heteroatoms. The monoisotopic (exact) mass is 454 g/mol. The van der Waals surface area contributed by atoms with Gasteiger partial charge in [0, 0.05) is 41.9 Å². The van der Waals surface area contributed by atoms with Crippen molar-refractivity contribution in [3.05, 3.63) is 90.2 Å². The number of likely N-dealkylation sites (tertiary alicyclic amines) is 1. The summed E-state index contributed by atoms with van der Waals surface area (Å²) in [7, 11) is 1.69. The standard InChI is InChI=1S/C28H30N4O2/c1-34-24-7-4-6-22(17-24)25-18-30-28(21-9-13-29-14-10-21)31-27(25)20-11-15-32(16-12-20)19-23-5-2-3-8-26(23)33/h2-10,13,17-18,20,29,33H,11-12,14-16,19H2,1H3. The van der Waals surface area contributed by atoms with Gasteiger partial charge in [0.1, 0.15) is 11.5 Å². The van der Waals surface area contributed by atoms with Crippen molar-refractivity contribution in [2.45, 2.75) is 25.3 Å². The number of aromatic hydroxyl groups is 1. The topological polar surface area (TPSA) is 70.5 Å². The number of benzene rings is 2. The lowest BCUT2D eigenvalue weighted by Gasteiger charge is -2.32. The lowest BCUT2D eigenvalue weighted by atomic mass is 9.88. The molecule has 2 aliphatic rings. The molecule has 3 aromatic rings. The summed E-state index contributed by atoms with van der Waals surface area (Å²) in [5.41, 5.74) is 5.28. The summed E-state index contributed by atoms with van der Waals surface area (Å²) < 4.78 is 5.47. The predicted octanol–water partition coefficient (Wildman–Crippen LogP) is 4.74. The van der Waals surface area contributed by atoms with Crippen LogP contribution in [0.4, 0.5) is 0 Å². The highest BCUT2D eigenvalue weighted by atomic mass is 16.5. The number of rotatable bonds is 6. The summed E-state index contributed by atoms with van der Waals surface area (Å²) in [5.74, 6) is 2.31. The van der Waals surface area contributed by atoms with Gasteiger partial charge in [0.25, 0.3) is 0 Å². The first-order chi connectivity index (χ1) is 16.7. The molecule has 3 heterocycles. The van der Waals surface area contributed by atoms with Crippen LogP contribution in [-0.4, -0.2) is 46.7 Å². The number of methoxy groups -OCH3 is 1. The Hall–Kier alpha value is -3.64. The quantitative estimate of drug-likeness (QED) is 0.561. The second kappa shape index (κ2) is 10.1. The van der Waals surface area contributed by atoms with E-state index in [4.69, 9.17) is 14.7 Å². The SMILES string of the molecule is COc1cccc(-c2cnc(C3=CCNC=C3)nc2C2CCN(Cc3ccccc3O)CC2)c1. The first-order valence-electron chi connectivity index (χ1n) is 11.8. The second-order valence-corrected chi connectivity index (χ2v) is 8.80. The third kappa shape index (κ3) is 4.82. The molecule has 2 N–H and O–H groups in total. The van der Waals surface area contributed by atoms with Crippen LogP contribution >= 0.6 is 0 Å². The number of hydrogen-bond donors (Lipinski definition) is 2. The molecule has 0 amide bonds. The lowest BCUT2D eigenvalue weighted by Crippen LogP contribution is -2.33. The van der Waals surface area contributed by atoms with Gasteiger partial charge in [0.2, 0.25) is 0 Å². The summed E-state index contributed by atoms with van der Waals surface area (Å²) in [6.45, 7) is 3.47. The number of dihydropyridines is 1. The fraction of sp³-hybridized carbons (Fsp3) is 0.286. The molecule has 34 heavy (non-hydrogen) atoms. The normalized spacial score (nSPS) is 16.7. The number of allylic oxidation sites excluding steroid dienone is 2. The molecule has 6 nitrogen and oxygen atoms in total. The van der Waals surface area contributed by atoms with Gasteiger partial charge in [-0.25, -0.2) is 9.97 Å². The van der Waals surface area contributed by atoms with Crippen LogP contribution in [-0.2, 0) is 6.54 Å². The van der Waals surface area contributed by atoms with Crippen LogP contribution in [0.15, 0.2) is 73.1 Å². The molecule has 0 radical (unpaired) electrons. The summed E-state index contributed by atoms with van der Waals surface area (Å²) in [6, 6.07) is 15.7. The average Bonchev–Trinajstić information content (AvgIpc) is 2.91. The van der Waals surface area contributed by atoms with Gasteiger partial charge in [-0.1, -0.05) is 36.4 Å². The third-order valence-electron chi connectivity index (χ3n) is 6.64. The summed E-state index contributed by atoms with van der Waals surface area (Å²) in [6.07, 6.45) is 10.1. The zero-order valence-corrected chi connectivity index (χ0v) is 19.4. The highest BCUT2D eigenvalue weighted by molar-refractivity contribution is 5.73. The highest BCUT2D eigenvalue weighted by Gasteiger charge is 2.26. The van der Waals surface area contributed by atoms with Crippen molar-refractivity contribution in [1.29, 1.82) is 0 Å². The van der Waals surface area contributed by atoms with E-state index in [9.17, 15) is 5.11 Å². The lowest BCUT2D eigenvalue weighted by molar-refractivity contribution is 0.201. The van der Waals surface area contributed by atoms with Crippen LogP contribution < -0.4 is 10.1 Å². The number of ether oxygens (including phenoxy) is 1. The number of piperidine rings is 1. The molecule has 0 unspecified atom stereocenters. The van der Waals surface area contributed by atoms with E-state index in [1.54, 1.807) is 13.2 Å². The molecular weight excluding hydrogens is 424 g/mol. The Balaban J connectivity index is 1.42. The Kier molecular flexibility index (Phi) is 6.58. The molecule has 1 fully saturated rings. The maximum atomic E-state index is 10.2. The first-order valence-corrected chi connectivity index (χ1v) is 11.8. The number of nitrogens with one attached hydrogen (secondary N) is 1. The summed E-state index contributed by atoms with van der Waals surface area (Å²) in [5, 5.41) is 13.4. The molecule has 1 saturated heterocycles. The van der Waals surface area contributed by atoms with Gasteiger partial charge in [-0.3, -0.25) is 4.90 Å². The van der Waals surface area contributed by atoms with Crippen LogP contribution in [0.2, 0.25) is 0 Å².